The molecule has 2 aliphatic rings. The van der Waals surface area contributed by atoms with Crippen LogP contribution in [0.1, 0.15) is 42.2 Å². The van der Waals surface area contributed by atoms with Crippen LogP contribution in [0.25, 0.3) is 11.1 Å². The lowest BCUT2D eigenvalue weighted by atomic mass is 9.88. The minimum absolute atomic E-state index is 0.165. The van der Waals surface area contributed by atoms with Gasteiger partial charge in [-0.2, -0.15) is 0 Å². The number of nitrogens with zero attached hydrogens (tertiary/aromatic N) is 2. The van der Waals surface area contributed by atoms with Gasteiger partial charge in [-0.3, -0.25) is 9.78 Å². The molecule has 3 N–H and O–H groups in total. The Morgan fingerprint density at radius 3 is 2.42 bits per heavy atom. The Balaban J connectivity index is 1.80. The molecule has 1 aromatic carbocycles. The number of alkyl halides is 2. The van der Waals surface area contributed by atoms with Gasteiger partial charge in [0.25, 0.3) is 11.8 Å². The summed E-state index contributed by atoms with van der Waals surface area (Å²) in [4.78, 5) is 19.2. The lowest BCUT2D eigenvalue weighted by Crippen LogP contribution is -2.50. The van der Waals surface area contributed by atoms with Gasteiger partial charge in [-0.1, -0.05) is 0 Å². The molecule has 1 aliphatic carbocycles. The largest absolute Gasteiger partial charge is 0.368 e. The summed E-state index contributed by atoms with van der Waals surface area (Å²) in [7, 11) is 0. The van der Waals surface area contributed by atoms with Crippen molar-refractivity contribution in [3.63, 3.8) is 0 Å². The Morgan fingerprint density at radius 1 is 1.23 bits per heavy atom. The van der Waals surface area contributed by atoms with Crippen molar-refractivity contribution in [2.24, 2.45) is 5.73 Å². The highest BCUT2D eigenvalue weighted by Gasteiger charge is 2.46. The number of hydrogen-bond acceptors (Lipinski definition) is 4. The van der Waals surface area contributed by atoms with E-state index in [1.807, 2.05) is 11.8 Å². The molecule has 1 saturated carbocycles. The highest BCUT2D eigenvalue weighted by Crippen LogP contribution is 2.41. The SMILES string of the molecule is Cc1ncc(C(=O)NC2CC(F)(F)C2)c(N2CC[C@](C)(N)C2)c1-c1cc(F)cc(F)c1. The number of pyridine rings is 1. The predicted molar refractivity (Wildman–Crippen MR) is 109 cm³/mol. The molecular weight excluding hydrogens is 412 g/mol. The molecule has 0 unspecified atom stereocenters. The van der Waals surface area contributed by atoms with Gasteiger partial charge in [-0.15, -0.1) is 0 Å². The number of halogens is 4. The molecule has 4 rings (SSSR count). The minimum atomic E-state index is -2.77. The number of rotatable bonds is 4. The molecule has 1 amide bonds. The van der Waals surface area contributed by atoms with E-state index in [-0.39, 0.29) is 11.1 Å². The fourth-order valence-electron chi connectivity index (χ4n) is 4.33. The number of nitrogens with two attached hydrogens (primary N) is 1. The summed E-state index contributed by atoms with van der Waals surface area (Å²) >= 11 is 0. The zero-order valence-corrected chi connectivity index (χ0v) is 17.3. The molecule has 2 heterocycles. The summed E-state index contributed by atoms with van der Waals surface area (Å²) in [6.45, 7) is 4.53. The van der Waals surface area contributed by atoms with Gasteiger partial charge in [0.15, 0.2) is 0 Å². The molecule has 1 aromatic heterocycles. The van der Waals surface area contributed by atoms with Crippen molar-refractivity contribution in [2.75, 3.05) is 18.0 Å². The van der Waals surface area contributed by atoms with Gasteiger partial charge in [0, 0.05) is 61.0 Å². The van der Waals surface area contributed by atoms with Crippen LogP contribution in [-0.2, 0) is 0 Å². The maximum absolute atomic E-state index is 14.0. The van der Waals surface area contributed by atoms with Crippen molar-refractivity contribution in [3.05, 3.63) is 47.3 Å². The van der Waals surface area contributed by atoms with Crippen molar-refractivity contribution < 1.29 is 22.4 Å². The Labute approximate surface area is 177 Å². The van der Waals surface area contributed by atoms with Crippen molar-refractivity contribution in [2.45, 2.75) is 50.6 Å². The number of hydrogen-bond donors (Lipinski definition) is 2. The number of aryl methyl sites for hydroxylation is 1. The van der Waals surface area contributed by atoms with Crippen LogP contribution in [0.4, 0.5) is 23.2 Å². The van der Waals surface area contributed by atoms with E-state index in [0.717, 1.165) is 6.07 Å². The zero-order chi connectivity index (χ0) is 22.6. The van der Waals surface area contributed by atoms with Gasteiger partial charge in [0.1, 0.15) is 11.6 Å². The Kier molecular flexibility index (Phi) is 5.20. The highest BCUT2D eigenvalue weighted by molar-refractivity contribution is 6.04. The third-order valence-corrected chi connectivity index (χ3v) is 5.88. The first-order chi connectivity index (χ1) is 14.4. The van der Waals surface area contributed by atoms with Crippen LogP contribution in [0.5, 0.6) is 0 Å². The van der Waals surface area contributed by atoms with E-state index in [9.17, 15) is 22.4 Å². The van der Waals surface area contributed by atoms with Gasteiger partial charge in [0.2, 0.25) is 0 Å². The van der Waals surface area contributed by atoms with Crippen LogP contribution in [0.3, 0.4) is 0 Å². The summed E-state index contributed by atoms with van der Waals surface area (Å²) in [5.41, 5.74) is 7.54. The number of nitrogens with one attached hydrogen (secondary N) is 1. The summed E-state index contributed by atoms with van der Waals surface area (Å²) < 4.78 is 54.4. The van der Waals surface area contributed by atoms with E-state index >= 15 is 0 Å². The third kappa shape index (κ3) is 4.37. The summed E-state index contributed by atoms with van der Waals surface area (Å²) in [5.74, 6) is -4.83. The number of amides is 1. The summed E-state index contributed by atoms with van der Waals surface area (Å²) in [6.07, 6.45) is 1.20. The van der Waals surface area contributed by atoms with Crippen LogP contribution in [-0.4, -0.2) is 41.5 Å². The maximum atomic E-state index is 14.0. The van der Waals surface area contributed by atoms with Crippen molar-refractivity contribution in [1.29, 1.82) is 0 Å². The fourth-order valence-corrected chi connectivity index (χ4v) is 4.33. The zero-order valence-electron chi connectivity index (χ0n) is 17.3. The van der Waals surface area contributed by atoms with E-state index in [2.05, 4.69) is 10.3 Å². The first-order valence-electron chi connectivity index (χ1n) is 10.1. The molecule has 2 aromatic rings. The quantitative estimate of drug-likeness (QED) is 0.716. The lowest BCUT2D eigenvalue weighted by molar-refractivity contribution is -0.0901. The molecule has 0 radical (unpaired) electrons. The van der Waals surface area contributed by atoms with Crippen LogP contribution in [0.2, 0.25) is 0 Å². The lowest BCUT2D eigenvalue weighted by Gasteiger charge is -2.35. The Hall–Kier alpha value is -2.68. The number of carbonyl (C=O) groups is 1. The topological polar surface area (TPSA) is 71.2 Å². The monoisotopic (exact) mass is 436 g/mol. The first kappa shape index (κ1) is 21.5. The predicted octanol–water partition coefficient (Wildman–Crippen LogP) is 3.79. The van der Waals surface area contributed by atoms with Crippen molar-refractivity contribution in [3.8, 4) is 11.1 Å². The second-order valence-corrected chi connectivity index (χ2v) is 8.90. The number of carbonyl (C=O) groups excluding carboxylic acids is 1. The number of aromatic nitrogens is 1. The van der Waals surface area contributed by atoms with Crippen molar-refractivity contribution >= 4 is 11.6 Å². The minimum Gasteiger partial charge on any atom is -0.368 e. The molecule has 2 fully saturated rings. The third-order valence-electron chi connectivity index (χ3n) is 5.88. The average Bonchev–Trinajstić information content (AvgIpc) is 2.98. The Bertz CT molecular complexity index is 1010. The van der Waals surface area contributed by atoms with E-state index in [1.165, 1.54) is 18.3 Å². The van der Waals surface area contributed by atoms with Crippen LogP contribution >= 0.6 is 0 Å². The molecule has 166 valence electrons. The molecular formula is C22H24F4N4O. The second kappa shape index (κ2) is 7.47. The first-order valence-corrected chi connectivity index (χ1v) is 10.1. The van der Waals surface area contributed by atoms with E-state index in [4.69, 9.17) is 5.73 Å². The number of anilines is 1. The van der Waals surface area contributed by atoms with Crippen molar-refractivity contribution in [1.82, 2.24) is 10.3 Å². The van der Waals surface area contributed by atoms with E-state index < -0.39 is 47.9 Å². The van der Waals surface area contributed by atoms with Gasteiger partial charge in [-0.05, 0) is 38.0 Å². The molecule has 0 bridgehead atoms. The highest BCUT2D eigenvalue weighted by atomic mass is 19.3. The molecule has 31 heavy (non-hydrogen) atoms. The smallest absolute Gasteiger partial charge is 0.255 e. The summed E-state index contributed by atoms with van der Waals surface area (Å²) in [5, 5.41) is 2.63. The molecule has 1 atom stereocenters. The molecule has 0 spiro atoms. The molecule has 5 nitrogen and oxygen atoms in total. The molecule has 1 aliphatic heterocycles. The van der Waals surface area contributed by atoms with Gasteiger partial charge in [0.05, 0.1) is 11.3 Å². The summed E-state index contributed by atoms with van der Waals surface area (Å²) in [6, 6.07) is 2.50. The van der Waals surface area contributed by atoms with Gasteiger partial charge in [-0.25, -0.2) is 17.6 Å². The normalized spacial score (nSPS) is 23.0. The fraction of sp³-hybridized carbons (Fsp3) is 0.455. The van der Waals surface area contributed by atoms with E-state index in [0.29, 0.717) is 36.5 Å². The standard InChI is InChI=1S/C22H24F4N4O/c1-12-18(13-5-14(23)7-15(24)6-13)19(30-4-3-21(2,27)11-30)17(10-28-12)20(31)29-16-8-22(25,26)9-16/h5-7,10,16H,3-4,8-9,11,27H2,1-2H3,(H,29,31)/t21-/m0/s1. The van der Waals surface area contributed by atoms with Gasteiger partial charge >= 0.3 is 0 Å². The van der Waals surface area contributed by atoms with Crippen LogP contribution in [0, 0.1) is 18.6 Å². The maximum Gasteiger partial charge on any atom is 0.255 e. The average molecular weight is 436 g/mol. The second-order valence-electron chi connectivity index (χ2n) is 8.90. The molecule has 1 saturated heterocycles. The van der Waals surface area contributed by atoms with Crippen LogP contribution < -0.4 is 16.0 Å². The van der Waals surface area contributed by atoms with Crippen LogP contribution in [0.15, 0.2) is 24.4 Å². The molecule has 9 heteroatoms. The van der Waals surface area contributed by atoms with Gasteiger partial charge < -0.3 is 16.0 Å². The Morgan fingerprint density at radius 2 is 1.87 bits per heavy atom. The number of benzene rings is 1. The van der Waals surface area contributed by atoms with E-state index in [1.54, 1.807) is 6.92 Å².